The van der Waals surface area contributed by atoms with Crippen LogP contribution in [0, 0.1) is 6.92 Å². The average Bonchev–Trinajstić information content (AvgIpc) is 3.00. The normalized spacial score (nSPS) is 10.5. The van der Waals surface area contributed by atoms with Crippen molar-refractivity contribution in [2.75, 3.05) is 0 Å². The fourth-order valence-electron chi connectivity index (χ4n) is 2.40. The van der Waals surface area contributed by atoms with Gasteiger partial charge in [-0.15, -0.1) is 5.10 Å². The molecule has 0 aliphatic heterocycles. The van der Waals surface area contributed by atoms with Crippen LogP contribution in [0.1, 0.15) is 26.4 Å². The molecule has 0 spiro atoms. The lowest BCUT2D eigenvalue weighted by molar-refractivity contribution is 0.0683. The molecule has 0 aliphatic rings. The summed E-state index contributed by atoms with van der Waals surface area (Å²) in [6, 6.07) is 13.3. The molecule has 7 heteroatoms. The van der Waals surface area contributed by atoms with Gasteiger partial charge >= 0.3 is 11.9 Å². The molecule has 1 heterocycles. The zero-order valence-electron chi connectivity index (χ0n) is 12.7. The highest BCUT2D eigenvalue weighted by atomic mass is 16.4. The molecule has 2 aromatic carbocycles. The van der Waals surface area contributed by atoms with Crippen molar-refractivity contribution in [1.82, 2.24) is 15.0 Å². The molecule has 0 bridgehead atoms. The monoisotopic (exact) mass is 323 g/mol. The van der Waals surface area contributed by atoms with Crippen LogP contribution in [0.3, 0.4) is 0 Å². The van der Waals surface area contributed by atoms with Crippen LogP contribution in [-0.2, 0) is 0 Å². The van der Waals surface area contributed by atoms with Gasteiger partial charge in [0.2, 0.25) is 0 Å². The third-order valence-corrected chi connectivity index (χ3v) is 3.52. The van der Waals surface area contributed by atoms with Crippen LogP contribution >= 0.6 is 0 Å². The van der Waals surface area contributed by atoms with Crippen molar-refractivity contribution in [3.63, 3.8) is 0 Å². The average molecular weight is 323 g/mol. The molecule has 0 radical (unpaired) electrons. The van der Waals surface area contributed by atoms with E-state index in [4.69, 9.17) is 5.11 Å². The second-order valence-corrected chi connectivity index (χ2v) is 5.23. The molecular formula is C17H13N3O4. The van der Waals surface area contributed by atoms with Gasteiger partial charge in [-0.1, -0.05) is 29.0 Å². The second-order valence-electron chi connectivity index (χ2n) is 5.23. The fourth-order valence-corrected chi connectivity index (χ4v) is 2.40. The van der Waals surface area contributed by atoms with E-state index in [1.807, 2.05) is 25.1 Å². The third-order valence-electron chi connectivity index (χ3n) is 3.52. The number of benzene rings is 2. The van der Waals surface area contributed by atoms with E-state index in [9.17, 15) is 14.7 Å². The quantitative estimate of drug-likeness (QED) is 0.764. The predicted molar refractivity (Wildman–Crippen MR) is 85.5 cm³/mol. The van der Waals surface area contributed by atoms with Crippen LogP contribution in [0.5, 0.6) is 0 Å². The van der Waals surface area contributed by atoms with Crippen molar-refractivity contribution in [2.45, 2.75) is 6.92 Å². The molecule has 24 heavy (non-hydrogen) atoms. The zero-order chi connectivity index (χ0) is 17.3. The van der Waals surface area contributed by atoms with Gasteiger partial charge in [0, 0.05) is 5.56 Å². The Labute approximate surface area is 136 Å². The van der Waals surface area contributed by atoms with E-state index in [-0.39, 0.29) is 11.3 Å². The molecule has 0 atom stereocenters. The first-order chi connectivity index (χ1) is 11.5. The summed E-state index contributed by atoms with van der Waals surface area (Å²) in [7, 11) is 0. The summed E-state index contributed by atoms with van der Waals surface area (Å²) in [6.45, 7) is 1.90. The van der Waals surface area contributed by atoms with Gasteiger partial charge in [-0.2, -0.15) is 0 Å². The molecule has 3 rings (SSSR count). The van der Waals surface area contributed by atoms with Crippen LogP contribution < -0.4 is 0 Å². The van der Waals surface area contributed by atoms with Crippen molar-refractivity contribution < 1.29 is 19.8 Å². The molecule has 7 nitrogen and oxygen atoms in total. The van der Waals surface area contributed by atoms with Gasteiger partial charge in [-0.05, 0) is 37.3 Å². The molecule has 0 fully saturated rings. The Balaban J connectivity index is 2.18. The number of aromatic nitrogens is 3. The Bertz CT molecular complexity index is 929. The predicted octanol–water partition coefficient (Wildman–Crippen LogP) is 2.64. The lowest BCUT2D eigenvalue weighted by Crippen LogP contribution is -2.04. The Morgan fingerprint density at radius 3 is 2.29 bits per heavy atom. The van der Waals surface area contributed by atoms with Gasteiger partial charge in [0.05, 0.1) is 11.3 Å². The van der Waals surface area contributed by atoms with Crippen LogP contribution in [-0.4, -0.2) is 37.1 Å². The minimum atomic E-state index is -1.18. The molecule has 120 valence electrons. The van der Waals surface area contributed by atoms with E-state index in [2.05, 4.69) is 10.3 Å². The Kier molecular flexibility index (Phi) is 3.83. The first kappa shape index (κ1) is 15.4. The van der Waals surface area contributed by atoms with Gasteiger partial charge in [0.15, 0.2) is 5.69 Å². The van der Waals surface area contributed by atoms with E-state index in [1.54, 1.807) is 18.2 Å². The maximum absolute atomic E-state index is 11.5. The number of rotatable bonds is 4. The number of carboxylic acids is 2. The largest absolute Gasteiger partial charge is 0.478 e. The Hall–Kier alpha value is -3.48. The number of carbonyl (C=O) groups is 2. The highest BCUT2D eigenvalue weighted by Gasteiger charge is 2.21. The van der Waals surface area contributed by atoms with Gasteiger partial charge in [0.25, 0.3) is 0 Å². The van der Waals surface area contributed by atoms with Gasteiger partial charge < -0.3 is 10.2 Å². The number of carboxylic acid groups (broad SMARTS) is 2. The Morgan fingerprint density at radius 1 is 1.00 bits per heavy atom. The maximum Gasteiger partial charge on any atom is 0.358 e. The number of hydrogen-bond donors (Lipinski definition) is 2. The van der Waals surface area contributed by atoms with Crippen molar-refractivity contribution in [2.24, 2.45) is 0 Å². The van der Waals surface area contributed by atoms with Gasteiger partial charge in [-0.3, -0.25) is 0 Å². The number of aromatic carboxylic acids is 2. The van der Waals surface area contributed by atoms with E-state index < -0.39 is 11.9 Å². The van der Waals surface area contributed by atoms with Crippen molar-refractivity contribution in [1.29, 1.82) is 0 Å². The number of aryl methyl sites for hydroxylation is 1. The fraction of sp³-hybridized carbons (Fsp3) is 0.0588. The molecule has 0 amide bonds. The van der Waals surface area contributed by atoms with Crippen molar-refractivity contribution in [3.05, 3.63) is 65.4 Å². The van der Waals surface area contributed by atoms with E-state index >= 15 is 0 Å². The van der Waals surface area contributed by atoms with Gasteiger partial charge in [-0.25, -0.2) is 14.3 Å². The van der Waals surface area contributed by atoms with Crippen LogP contribution in [0.25, 0.3) is 16.9 Å². The molecule has 2 N–H and O–H groups in total. The maximum atomic E-state index is 11.5. The SMILES string of the molecule is Cc1cccc(-c2c(C(=O)O)nnn2-c2ccc(C(=O)O)cc2)c1. The molecule has 0 saturated carbocycles. The lowest BCUT2D eigenvalue weighted by atomic mass is 10.1. The first-order valence-corrected chi connectivity index (χ1v) is 7.07. The number of hydrogen-bond acceptors (Lipinski definition) is 4. The summed E-state index contributed by atoms with van der Waals surface area (Å²) < 4.78 is 1.39. The second kappa shape index (κ2) is 5.96. The summed E-state index contributed by atoms with van der Waals surface area (Å²) in [5.74, 6) is -2.22. The summed E-state index contributed by atoms with van der Waals surface area (Å²) in [6.07, 6.45) is 0. The highest BCUT2D eigenvalue weighted by Crippen LogP contribution is 2.26. The minimum absolute atomic E-state index is 0.134. The smallest absolute Gasteiger partial charge is 0.358 e. The minimum Gasteiger partial charge on any atom is -0.478 e. The standard InChI is InChI=1S/C17H13N3O4/c1-10-3-2-4-12(9-10)15-14(17(23)24)18-19-20(15)13-7-5-11(6-8-13)16(21)22/h2-9H,1H3,(H,21,22)(H,23,24). The third kappa shape index (κ3) is 2.74. The van der Waals surface area contributed by atoms with Crippen LogP contribution in [0.15, 0.2) is 48.5 Å². The molecule has 3 aromatic rings. The first-order valence-electron chi connectivity index (χ1n) is 7.07. The van der Waals surface area contributed by atoms with Gasteiger partial charge in [0.1, 0.15) is 5.69 Å². The molecule has 0 unspecified atom stereocenters. The Morgan fingerprint density at radius 2 is 1.71 bits per heavy atom. The van der Waals surface area contributed by atoms with Crippen molar-refractivity contribution >= 4 is 11.9 Å². The highest BCUT2D eigenvalue weighted by molar-refractivity contribution is 5.93. The van der Waals surface area contributed by atoms with Crippen molar-refractivity contribution in [3.8, 4) is 16.9 Å². The molecule has 0 saturated heterocycles. The molecule has 1 aromatic heterocycles. The summed E-state index contributed by atoms with van der Waals surface area (Å²) in [5, 5.41) is 26.0. The van der Waals surface area contributed by atoms with E-state index in [0.29, 0.717) is 16.9 Å². The lowest BCUT2D eigenvalue weighted by Gasteiger charge is -2.08. The summed E-state index contributed by atoms with van der Waals surface area (Å²) in [4.78, 5) is 22.4. The zero-order valence-corrected chi connectivity index (χ0v) is 12.7. The number of nitrogens with zero attached hydrogens (tertiary/aromatic N) is 3. The topological polar surface area (TPSA) is 105 Å². The molecule has 0 aliphatic carbocycles. The molecular weight excluding hydrogens is 310 g/mol. The van der Waals surface area contributed by atoms with E-state index in [0.717, 1.165) is 5.56 Å². The summed E-state index contributed by atoms with van der Waals surface area (Å²) in [5.41, 5.74) is 2.47. The van der Waals surface area contributed by atoms with Crippen LogP contribution in [0.2, 0.25) is 0 Å². The van der Waals surface area contributed by atoms with E-state index in [1.165, 1.54) is 16.8 Å². The summed E-state index contributed by atoms with van der Waals surface area (Å²) >= 11 is 0. The van der Waals surface area contributed by atoms with Crippen LogP contribution in [0.4, 0.5) is 0 Å².